The first-order valence-electron chi connectivity index (χ1n) is 11.9. The highest BCUT2D eigenvalue weighted by Gasteiger charge is 2.55. The Bertz CT molecular complexity index is 1550. The van der Waals surface area contributed by atoms with Crippen molar-refractivity contribution in [3.63, 3.8) is 0 Å². The van der Waals surface area contributed by atoms with Crippen molar-refractivity contribution in [1.82, 2.24) is 0 Å². The van der Waals surface area contributed by atoms with E-state index in [1.807, 2.05) is 88.9 Å². The van der Waals surface area contributed by atoms with Crippen LogP contribution >= 0.6 is 23.4 Å². The van der Waals surface area contributed by atoms with Crippen LogP contribution in [-0.4, -0.2) is 16.5 Å². The van der Waals surface area contributed by atoms with E-state index < -0.39 is 4.99 Å². The number of hydrazone groups is 2. The van der Waals surface area contributed by atoms with Gasteiger partial charge in [0.15, 0.2) is 10.8 Å². The fourth-order valence-electron chi connectivity index (χ4n) is 4.65. The number of hydrogen-bond donors (Lipinski definition) is 0. The van der Waals surface area contributed by atoms with Gasteiger partial charge in [-0.1, -0.05) is 83.9 Å². The van der Waals surface area contributed by atoms with Gasteiger partial charge in [-0.25, -0.2) is 10.0 Å². The summed E-state index contributed by atoms with van der Waals surface area (Å²) >= 11 is 7.63. The van der Waals surface area contributed by atoms with Crippen molar-refractivity contribution in [3.8, 4) is 0 Å². The maximum absolute atomic E-state index is 12.7. The summed E-state index contributed by atoms with van der Waals surface area (Å²) < 4.78 is 0. The van der Waals surface area contributed by atoms with Crippen molar-refractivity contribution in [1.29, 1.82) is 0 Å². The SMILES string of the molecule is CC(=O)C1=NN(c2ccc(C)cc2)C2(S1)c1ccccc1C(c1ccc(Cl)cc1)=NN2c1ccccc1. The molecule has 2 aliphatic heterocycles. The largest absolute Gasteiger partial charge is 0.292 e. The molecule has 7 heteroatoms. The van der Waals surface area contributed by atoms with Gasteiger partial charge in [-0.3, -0.25) is 4.79 Å². The van der Waals surface area contributed by atoms with E-state index >= 15 is 0 Å². The van der Waals surface area contributed by atoms with Crippen molar-refractivity contribution in [3.05, 3.63) is 130 Å². The minimum absolute atomic E-state index is 0.0862. The van der Waals surface area contributed by atoms with E-state index in [-0.39, 0.29) is 5.78 Å². The number of rotatable bonds is 4. The molecule has 0 saturated heterocycles. The summed E-state index contributed by atoms with van der Waals surface area (Å²) in [6, 6.07) is 34.1. The second kappa shape index (κ2) is 9.21. The van der Waals surface area contributed by atoms with Gasteiger partial charge in [-0.05, 0) is 55.1 Å². The molecule has 0 N–H and O–H groups in total. The Balaban J connectivity index is 1.66. The van der Waals surface area contributed by atoms with E-state index in [1.165, 1.54) is 11.8 Å². The van der Waals surface area contributed by atoms with Gasteiger partial charge < -0.3 is 0 Å². The highest BCUT2D eigenvalue weighted by Crippen LogP contribution is 2.55. The van der Waals surface area contributed by atoms with Gasteiger partial charge in [0.05, 0.1) is 17.1 Å². The first kappa shape index (κ1) is 23.5. The Morgan fingerprint density at radius 3 is 2.11 bits per heavy atom. The molecule has 2 heterocycles. The number of carbonyl (C=O) groups excluding carboxylic acids is 1. The van der Waals surface area contributed by atoms with Crippen molar-refractivity contribution < 1.29 is 4.79 Å². The average Bonchev–Trinajstić information content (AvgIpc) is 3.32. The number of Topliss-reactive ketones (excluding diaryl/α,β-unsaturated/α-hetero) is 1. The van der Waals surface area contributed by atoms with Crippen LogP contribution in [-0.2, 0) is 9.79 Å². The van der Waals surface area contributed by atoms with Crippen LogP contribution in [0.1, 0.15) is 29.2 Å². The standard InChI is InChI=1S/C30H23ClN4OS/c1-20-12-18-25(19-13-20)35-30(37-29(33-35)21(2)36)27-11-7-6-10-26(27)28(22-14-16-23(31)17-15-22)32-34(30)24-8-4-3-5-9-24/h3-19H,1-2H3. The highest BCUT2D eigenvalue weighted by molar-refractivity contribution is 8.17. The Hall–Kier alpha value is -3.87. The molecule has 4 aromatic rings. The summed E-state index contributed by atoms with van der Waals surface area (Å²) in [6.07, 6.45) is 0. The molecule has 37 heavy (non-hydrogen) atoms. The summed E-state index contributed by atoms with van der Waals surface area (Å²) in [5, 5.41) is 15.2. The Kier molecular flexibility index (Phi) is 5.86. The number of nitrogens with zero attached hydrogens (tertiary/aromatic N) is 4. The molecule has 0 aromatic heterocycles. The lowest BCUT2D eigenvalue weighted by molar-refractivity contribution is -0.110. The van der Waals surface area contributed by atoms with Gasteiger partial charge in [-0.2, -0.15) is 10.2 Å². The van der Waals surface area contributed by atoms with Crippen molar-refractivity contribution in [2.75, 3.05) is 10.0 Å². The molecule has 182 valence electrons. The fraction of sp³-hybridized carbons (Fsp3) is 0.100. The predicted octanol–water partition coefficient (Wildman–Crippen LogP) is 7.19. The lowest BCUT2D eigenvalue weighted by Gasteiger charge is -2.47. The number of carbonyl (C=O) groups is 1. The summed E-state index contributed by atoms with van der Waals surface area (Å²) in [4.78, 5) is 11.8. The Morgan fingerprint density at radius 1 is 0.784 bits per heavy atom. The molecule has 5 nitrogen and oxygen atoms in total. The van der Waals surface area contributed by atoms with E-state index in [0.29, 0.717) is 10.1 Å². The third kappa shape index (κ3) is 3.93. The fourth-order valence-corrected chi connectivity index (χ4v) is 6.07. The molecular formula is C30H23ClN4OS. The molecule has 4 aromatic carbocycles. The van der Waals surface area contributed by atoms with Gasteiger partial charge in [0, 0.05) is 28.6 Å². The minimum atomic E-state index is -0.954. The second-order valence-corrected chi connectivity index (χ2v) is 10.6. The van der Waals surface area contributed by atoms with E-state index in [0.717, 1.165) is 39.3 Å². The van der Waals surface area contributed by atoms with Crippen molar-refractivity contribution >= 4 is 51.3 Å². The first-order chi connectivity index (χ1) is 18.0. The lowest BCUT2D eigenvalue weighted by atomic mass is 9.93. The predicted molar refractivity (Wildman–Crippen MR) is 153 cm³/mol. The van der Waals surface area contributed by atoms with Gasteiger partial charge in [0.1, 0.15) is 0 Å². The third-order valence-electron chi connectivity index (χ3n) is 6.44. The first-order valence-corrected chi connectivity index (χ1v) is 13.1. The number of ketones is 1. The number of fused-ring (bicyclic) bond motifs is 2. The Labute approximate surface area is 225 Å². The molecule has 0 amide bonds. The molecule has 1 unspecified atom stereocenters. The van der Waals surface area contributed by atoms with Crippen LogP contribution in [0.5, 0.6) is 0 Å². The third-order valence-corrected chi connectivity index (χ3v) is 8.10. The van der Waals surface area contributed by atoms with E-state index in [1.54, 1.807) is 6.92 Å². The van der Waals surface area contributed by atoms with Gasteiger partial charge >= 0.3 is 0 Å². The average molecular weight is 523 g/mol. The monoisotopic (exact) mass is 522 g/mol. The molecule has 1 atom stereocenters. The van der Waals surface area contributed by atoms with Crippen LogP contribution in [0, 0.1) is 6.92 Å². The second-order valence-electron chi connectivity index (χ2n) is 8.97. The molecule has 1 spiro atoms. The maximum atomic E-state index is 12.7. The zero-order valence-corrected chi connectivity index (χ0v) is 21.9. The van der Waals surface area contributed by atoms with Crippen LogP contribution in [0.2, 0.25) is 5.02 Å². The molecular weight excluding hydrogens is 500 g/mol. The quantitative estimate of drug-likeness (QED) is 0.284. The molecule has 0 saturated carbocycles. The van der Waals surface area contributed by atoms with Crippen LogP contribution < -0.4 is 10.0 Å². The molecule has 2 aliphatic rings. The number of hydrogen-bond acceptors (Lipinski definition) is 6. The minimum Gasteiger partial charge on any atom is -0.292 e. The lowest BCUT2D eigenvalue weighted by Crippen LogP contribution is -2.54. The molecule has 0 radical (unpaired) electrons. The smallest absolute Gasteiger partial charge is 0.234 e. The molecule has 0 fully saturated rings. The number of aryl methyl sites for hydroxylation is 1. The van der Waals surface area contributed by atoms with Crippen LogP contribution in [0.25, 0.3) is 0 Å². The number of benzene rings is 4. The van der Waals surface area contributed by atoms with E-state index in [2.05, 4.69) is 31.2 Å². The van der Waals surface area contributed by atoms with Crippen LogP contribution in [0.15, 0.2) is 113 Å². The number of para-hydroxylation sites is 1. The number of anilines is 2. The van der Waals surface area contributed by atoms with Crippen molar-refractivity contribution in [2.45, 2.75) is 18.8 Å². The summed E-state index contributed by atoms with van der Waals surface area (Å²) in [6.45, 7) is 3.61. The topological polar surface area (TPSA) is 48.3 Å². The van der Waals surface area contributed by atoms with Crippen LogP contribution in [0.4, 0.5) is 11.4 Å². The molecule has 0 bridgehead atoms. The van der Waals surface area contributed by atoms with E-state index in [4.69, 9.17) is 21.8 Å². The zero-order chi connectivity index (χ0) is 25.6. The molecule has 6 rings (SSSR count). The summed E-state index contributed by atoms with van der Waals surface area (Å²) in [5.74, 6) is -0.0862. The van der Waals surface area contributed by atoms with Crippen molar-refractivity contribution in [2.24, 2.45) is 10.2 Å². The maximum Gasteiger partial charge on any atom is 0.234 e. The normalized spacial score (nSPS) is 18.5. The summed E-state index contributed by atoms with van der Waals surface area (Å²) in [5.41, 5.74) is 6.63. The van der Waals surface area contributed by atoms with Gasteiger partial charge in [0.2, 0.25) is 4.99 Å². The van der Waals surface area contributed by atoms with E-state index in [9.17, 15) is 4.79 Å². The Morgan fingerprint density at radius 2 is 1.41 bits per heavy atom. The van der Waals surface area contributed by atoms with Gasteiger partial charge in [-0.15, -0.1) is 0 Å². The highest BCUT2D eigenvalue weighted by atomic mass is 35.5. The van der Waals surface area contributed by atoms with Gasteiger partial charge in [0.25, 0.3) is 0 Å². The number of thioether (sulfide) groups is 1. The number of halogens is 1. The van der Waals surface area contributed by atoms with Crippen LogP contribution in [0.3, 0.4) is 0 Å². The summed E-state index contributed by atoms with van der Waals surface area (Å²) in [7, 11) is 0. The molecule has 0 aliphatic carbocycles. The zero-order valence-electron chi connectivity index (χ0n) is 20.3.